The Bertz CT molecular complexity index is 1810. The minimum Gasteiger partial charge on any atom is -0.487 e. The zero-order valence-electron chi connectivity index (χ0n) is 22.4. The fraction of sp³-hybridized carbons (Fsp3) is 0.125. The molecule has 2 aromatic heterocycles. The first kappa shape index (κ1) is 28.1. The van der Waals surface area contributed by atoms with Crippen molar-refractivity contribution in [3.8, 4) is 5.75 Å². The first-order chi connectivity index (χ1) is 19.8. The van der Waals surface area contributed by atoms with Gasteiger partial charge < -0.3 is 15.0 Å². The van der Waals surface area contributed by atoms with Gasteiger partial charge in [0, 0.05) is 46.4 Å². The number of rotatable bonds is 8. The van der Waals surface area contributed by atoms with E-state index < -0.39 is 5.91 Å². The molecule has 0 aliphatic rings. The van der Waals surface area contributed by atoms with E-state index in [1.807, 2.05) is 67.6 Å². The number of anilines is 1. The van der Waals surface area contributed by atoms with Crippen molar-refractivity contribution in [3.05, 3.63) is 112 Å². The molecule has 2 amide bonds. The van der Waals surface area contributed by atoms with Crippen molar-refractivity contribution in [3.63, 3.8) is 0 Å². The van der Waals surface area contributed by atoms with E-state index in [9.17, 15) is 9.59 Å². The number of benzene rings is 3. The highest BCUT2D eigenvalue weighted by atomic mass is 35.5. The van der Waals surface area contributed by atoms with Crippen LogP contribution in [0.1, 0.15) is 16.8 Å². The summed E-state index contributed by atoms with van der Waals surface area (Å²) in [5.41, 5.74) is 4.24. The highest BCUT2D eigenvalue weighted by Crippen LogP contribution is 2.35. The Balaban J connectivity index is 1.23. The molecular weight excluding hydrogens is 559 g/mol. The molecule has 206 valence electrons. The smallest absolute Gasteiger partial charge is 0.246 e. The lowest BCUT2D eigenvalue weighted by Crippen LogP contribution is -2.37. The van der Waals surface area contributed by atoms with Crippen LogP contribution in [0, 0.1) is 6.92 Å². The van der Waals surface area contributed by atoms with Gasteiger partial charge in [-0.05, 0) is 55.0 Å². The first-order valence-electron chi connectivity index (χ1n) is 12.8. The molecule has 0 atom stereocenters. The van der Waals surface area contributed by atoms with Gasteiger partial charge in [0.25, 0.3) is 0 Å². The Morgan fingerprint density at radius 1 is 1.00 bits per heavy atom. The predicted molar refractivity (Wildman–Crippen MR) is 164 cm³/mol. The Hall–Kier alpha value is -4.46. The van der Waals surface area contributed by atoms with Crippen LogP contribution in [0.4, 0.5) is 5.69 Å². The van der Waals surface area contributed by atoms with E-state index in [1.54, 1.807) is 31.5 Å². The number of likely N-dealkylation sites (N-methyl/N-ethyl adjacent to an activating group) is 1. The summed E-state index contributed by atoms with van der Waals surface area (Å²) in [4.78, 5) is 35.7. The molecule has 0 unspecified atom stereocenters. The lowest BCUT2D eigenvalue weighted by molar-refractivity contribution is -0.122. The summed E-state index contributed by atoms with van der Waals surface area (Å²) in [5.74, 6) is -0.164. The Kier molecular flexibility index (Phi) is 8.47. The number of pyridine rings is 2. The van der Waals surface area contributed by atoms with E-state index in [2.05, 4.69) is 15.3 Å². The van der Waals surface area contributed by atoms with Crippen molar-refractivity contribution >= 4 is 68.6 Å². The van der Waals surface area contributed by atoms with Crippen LogP contribution in [0.15, 0.2) is 85.1 Å². The van der Waals surface area contributed by atoms with Gasteiger partial charge in [-0.25, -0.2) is 4.98 Å². The molecular formula is C32H26Cl2N4O3. The van der Waals surface area contributed by atoms with Crippen LogP contribution in [0.3, 0.4) is 0 Å². The van der Waals surface area contributed by atoms with Crippen molar-refractivity contribution in [1.29, 1.82) is 0 Å². The van der Waals surface area contributed by atoms with Crippen molar-refractivity contribution in [2.75, 3.05) is 18.5 Å². The summed E-state index contributed by atoms with van der Waals surface area (Å²) in [7, 11) is 1.59. The number of hydrogen-bond donors (Lipinski definition) is 1. The number of carbonyl (C=O) groups is 2. The Morgan fingerprint density at radius 3 is 2.66 bits per heavy atom. The normalized spacial score (nSPS) is 11.2. The maximum Gasteiger partial charge on any atom is 0.246 e. The molecule has 0 spiro atoms. The number of ether oxygens (including phenoxy) is 1. The van der Waals surface area contributed by atoms with E-state index in [4.69, 9.17) is 27.9 Å². The molecule has 1 N–H and O–H groups in total. The number of amides is 2. The topological polar surface area (TPSA) is 84.4 Å². The third kappa shape index (κ3) is 6.48. The second kappa shape index (κ2) is 12.4. The molecule has 41 heavy (non-hydrogen) atoms. The maximum absolute atomic E-state index is 12.9. The van der Waals surface area contributed by atoms with Gasteiger partial charge in [-0.1, -0.05) is 59.6 Å². The van der Waals surface area contributed by atoms with Crippen molar-refractivity contribution in [2.45, 2.75) is 13.5 Å². The molecule has 3 aromatic carbocycles. The average molecular weight is 585 g/mol. The van der Waals surface area contributed by atoms with E-state index >= 15 is 0 Å². The highest BCUT2D eigenvalue weighted by Gasteiger charge is 2.19. The van der Waals surface area contributed by atoms with Crippen molar-refractivity contribution in [2.24, 2.45) is 0 Å². The standard InChI is InChI=1S/C32H26Cl2N4O3/c1-20-10-12-22-7-5-9-28(32(22)37-20)41-19-24-25(33)13-14-27(31(24)34)38(2)30(40)18-36-29(39)15-11-21-16-23-6-3-4-8-26(23)35-17-21/h3-17H,18-19H2,1-2H3,(H,36,39). The third-order valence-corrected chi connectivity index (χ3v) is 7.32. The second-order valence-electron chi connectivity index (χ2n) is 9.39. The monoisotopic (exact) mass is 584 g/mol. The third-order valence-electron chi connectivity index (χ3n) is 6.55. The van der Waals surface area contributed by atoms with Crippen LogP contribution < -0.4 is 15.0 Å². The molecule has 2 heterocycles. The van der Waals surface area contributed by atoms with Crippen LogP contribution in [-0.4, -0.2) is 35.4 Å². The van der Waals surface area contributed by atoms with Crippen LogP contribution in [-0.2, 0) is 16.2 Å². The summed E-state index contributed by atoms with van der Waals surface area (Å²) >= 11 is 13.2. The lowest BCUT2D eigenvalue weighted by atomic mass is 10.1. The molecule has 0 aliphatic carbocycles. The molecule has 0 bridgehead atoms. The van der Waals surface area contributed by atoms with E-state index in [-0.39, 0.29) is 24.1 Å². The number of hydrogen-bond acceptors (Lipinski definition) is 5. The zero-order chi connectivity index (χ0) is 28.9. The number of fused-ring (bicyclic) bond motifs is 2. The second-order valence-corrected chi connectivity index (χ2v) is 10.2. The molecule has 5 aromatic rings. The number of halogens is 2. The summed E-state index contributed by atoms with van der Waals surface area (Å²) in [6.07, 6.45) is 4.71. The molecule has 7 nitrogen and oxygen atoms in total. The maximum atomic E-state index is 12.9. The highest BCUT2D eigenvalue weighted by molar-refractivity contribution is 6.38. The molecule has 0 fully saturated rings. The number of aryl methyl sites for hydroxylation is 1. The van der Waals surface area contributed by atoms with Crippen molar-refractivity contribution in [1.82, 2.24) is 15.3 Å². The van der Waals surface area contributed by atoms with Crippen molar-refractivity contribution < 1.29 is 14.3 Å². The predicted octanol–water partition coefficient (Wildman–Crippen LogP) is 6.77. The minimum atomic E-state index is -0.407. The van der Waals surface area contributed by atoms with Gasteiger partial charge in [-0.3, -0.25) is 14.6 Å². The van der Waals surface area contributed by atoms with Gasteiger partial charge in [0.05, 0.1) is 22.8 Å². The fourth-order valence-corrected chi connectivity index (χ4v) is 4.89. The molecule has 9 heteroatoms. The molecule has 5 rings (SSSR count). The van der Waals surface area contributed by atoms with Crippen LogP contribution in [0.25, 0.3) is 27.9 Å². The van der Waals surface area contributed by atoms with Gasteiger partial charge in [0.15, 0.2) is 0 Å². The number of para-hydroxylation sites is 2. The van der Waals surface area contributed by atoms with Gasteiger partial charge >= 0.3 is 0 Å². The largest absolute Gasteiger partial charge is 0.487 e. The van der Waals surface area contributed by atoms with Crippen LogP contribution in [0.5, 0.6) is 5.75 Å². The number of nitrogens with zero attached hydrogens (tertiary/aromatic N) is 3. The van der Waals surface area contributed by atoms with E-state index in [1.165, 1.54) is 11.0 Å². The molecule has 0 radical (unpaired) electrons. The summed E-state index contributed by atoms with van der Waals surface area (Å²) in [6, 6.07) is 22.6. The quantitative estimate of drug-likeness (QED) is 0.203. The van der Waals surface area contributed by atoms with Gasteiger partial charge in [-0.2, -0.15) is 0 Å². The van der Waals surface area contributed by atoms with Gasteiger partial charge in [0.2, 0.25) is 11.8 Å². The lowest BCUT2D eigenvalue weighted by Gasteiger charge is -2.21. The van der Waals surface area contributed by atoms with E-state index in [0.717, 1.165) is 33.1 Å². The SMILES string of the molecule is Cc1ccc2cccc(OCc3c(Cl)ccc(N(C)C(=O)CNC(=O)C=Cc4cnc5ccccc5c4)c3Cl)c2n1. The average Bonchev–Trinajstić information content (AvgIpc) is 2.98. The molecule has 0 aliphatic heterocycles. The number of carbonyl (C=O) groups excluding carboxylic acids is 2. The zero-order valence-corrected chi connectivity index (χ0v) is 23.9. The summed E-state index contributed by atoms with van der Waals surface area (Å²) < 4.78 is 6.08. The van der Waals surface area contributed by atoms with Gasteiger partial charge in [0.1, 0.15) is 17.9 Å². The summed E-state index contributed by atoms with van der Waals surface area (Å²) in [5, 5.41) is 5.24. The molecule has 0 saturated carbocycles. The van der Waals surface area contributed by atoms with Crippen LogP contribution >= 0.6 is 23.2 Å². The van der Waals surface area contributed by atoms with Gasteiger partial charge in [-0.15, -0.1) is 0 Å². The molecule has 0 saturated heterocycles. The van der Waals surface area contributed by atoms with Crippen LogP contribution in [0.2, 0.25) is 10.0 Å². The number of aromatic nitrogens is 2. The Labute approximate surface area is 247 Å². The fourth-order valence-electron chi connectivity index (χ4n) is 4.29. The number of nitrogens with one attached hydrogen (secondary N) is 1. The Morgan fingerprint density at radius 2 is 1.80 bits per heavy atom. The minimum absolute atomic E-state index is 0.0768. The summed E-state index contributed by atoms with van der Waals surface area (Å²) in [6.45, 7) is 1.77. The van der Waals surface area contributed by atoms with E-state index in [0.29, 0.717) is 22.0 Å². The first-order valence-corrected chi connectivity index (χ1v) is 13.6.